The van der Waals surface area contributed by atoms with E-state index in [0.717, 1.165) is 16.5 Å². The molecule has 2 aromatic heterocycles. The summed E-state index contributed by atoms with van der Waals surface area (Å²) in [4.78, 5) is 20.7. The van der Waals surface area contributed by atoms with Gasteiger partial charge in [0, 0.05) is 36.0 Å². The van der Waals surface area contributed by atoms with Gasteiger partial charge in [0.05, 0.1) is 10.5 Å². The normalized spacial score (nSPS) is 10.7. The summed E-state index contributed by atoms with van der Waals surface area (Å²) in [6.45, 7) is 0. The molecule has 0 aliphatic rings. The lowest BCUT2D eigenvalue weighted by molar-refractivity contribution is 0.0994. The van der Waals surface area contributed by atoms with Crippen molar-refractivity contribution in [2.24, 2.45) is 0 Å². The fourth-order valence-corrected chi connectivity index (χ4v) is 2.33. The maximum absolute atomic E-state index is 12.5. The SMILES string of the molecule is O=C(Cc1ccncc1Cl)c1cccc2cccnc12. The van der Waals surface area contributed by atoms with Crippen molar-refractivity contribution in [2.45, 2.75) is 6.42 Å². The molecule has 0 fully saturated rings. The molecule has 3 nitrogen and oxygen atoms in total. The number of nitrogens with zero attached hydrogens (tertiary/aromatic N) is 2. The Morgan fingerprint density at radius 3 is 2.80 bits per heavy atom. The molecule has 0 amide bonds. The molecule has 0 bridgehead atoms. The number of fused-ring (bicyclic) bond motifs is 1. The minimum Gasteiger partial charge on any atom is -0.294 e. The lowest BCUT2D eigenvalue weighted by atomic mass is 10.0. The van der Waals surface area contributed by atoms with Gasteiger partial charge >= 0.3 is 0 Å². The van der Waals surface area contributed by atoms with Crippen molar-refractivity contribution < 1.29 is 4.79 Å². The van der Waals surface area contributed by atoms with E-state index in [1.165, 1.54) is 0 Å². The average molecular weight is 283 g/mol. The monoisotopic (exact) mass is 282 g/mol. The quantitative estimate of drug-likeness (QED) is 0.688. The lowest BCUT2D eigenvalue weighted by Gasteiger charge is -2.06. The van der Waals surface area contributed by atoms with Gasteiger partial charge in [-0.25, -0.2) is 0 Å². The van der Waals surface area contributed by atoms with E-state index in [1.807, 2.05) is 24.3 Å². The summed E-state index contributed by atoms with van der Waals surface area (Å²) in [5, 5.41) is 1.47. The van der Waals surface area contributed by atoms with Gasteiger partial charge in [-0.2, -0.15) is 0 Å². The highest BCUT2D eigenvalue weighted by Gasteiger charge is 2.13. The Morgan fingerprint density at radius 1 is 1.10 bits per heavy atom. The van der Waals surface area contributed by atoms with Crippen LogP contribution in [0.5, 0.6) is 0 Å². The molecule has 0 radical (unpaired) electrons. The second kappa shape index (κ2) is 5.39. The zero-order chi connectivity index (χ0) is 13.9. The van der Waals surface area contributed by atoms with Crippen LogP contribution in [0.25, 0.3) is 10.9 Å². The van der Waals surface area contributed by atoms with Crippen LogP contribution in [0, 0.1) is 0 Å². The Labute approximate surface area is 121 Å². The molecular formula is C16H11ClN2O. The van der Waals surface area contributed by atoms with Crippen molar-refractivity contribution in [2.75, 3.05) is 0 Å². The van der Waals surface area contributed by atoms with Gasteiger partial charge in [0.2, 0.25) is 0 Å². The smallest absolute Gasteiger partial charge is 0.169 e. The summed E-state index contributed by atoms with van der Waals surface area (Å²) < 4.78 is 0. The molecule has 98 valence electrons. The summed E-state index contributed by atoms with van der Waals surface area (Å²) in [6.07, 6.45) is 5.12. The van der Waals surface area contributed by atoms with Gasteiger partial charge in [0.1, 0.15) is 0 Å². The Kier molecular flexibility index (Phi) is 3.44. The molecule has 0 unspecified atom stereocenters. The van der Waals surface area contributed by atoms with E-state index in [9.17, 15) is 4.79 Å². The molecule has 0 aliphatic carbocycles. The molecule has 0 N–H and O–H groups in total. The Bertz CT molecular complexity index is 781. The van der Waals surface area contributed by atoms with E-state index in [0.29, 0.717) is 10.6 Å². The first-order chi connectivity index (χ1) is 9.75. The third kappa shape index (κ3) is 2.40. The second-order valence-corrected chi connectivity index (χ2v) is 4.85. The van der Waals surface area contributed by atoms with E-state index in [-0.39, 0.29) is 12.2 Å². The fourth-order valence-electron chi connectivity index (χ4n) is 2.14. The van der Waals surface area contributed by atoms with Crippen molar-refractivity contribution >= 4 is 28.3 Å². The molecule has 3 aromatic rings. The number of hydrogen-bond donors (Lipinski definition) is 0. The number of carbonyl (C=O) groups excluding carboxylic acids is 1. The highest BCUT2D eigenvalue weighted by atomic mass is 35.5. The van der Waals surface area contributed by atoms with Crippen LogP contribution >= 0.6 is 11.6 Å². The average Bonchev–Trinajstić information content (AvgIpc) is 2.49. The van der Waals surface area contributed by atoms with Crippen LogP contribution in [-0.4, -0.2) is 15.8 Å². The van der Waals surface area contributed by atoms with Crippen LogP contribution in [0.1, 0.15) is 15.9 Å². The molecule has 0 spiro atoms. The number of pyridine rings is 2. The van der Waals surface area contributed by atoms with Gasteiger partial charge in [-0.05, 0) is 23.8 Å². The minimum atomic E-state index is 0.00222. The van der Waals surface area contributed by atoms with Crippen LogP contribution in [0.15, 0.2) is 55.0 Å². The minimum absolute atomic E-state index is 0.00222. The summed E-state index contributed by atoms with van der Waals surface area (Å²) in [5.41, 5.74) is 2.13. The number of rotatable bonds is 3. The molecule has 4 heteroatoms. The first kappa shape index (κ1) is 12.8. The van der Waals surface area contributed by atoms with Crippen LogP contribution in [0.4, 0.5) is 0 Å². The third-order valence-electron chi connectivity index (χ3n) is 3.14. The Balaban J connectivity index is 1.99. The van der Waals surface area contributed by atoms with Crippen LogP contribution in [-0.2, 0) is 6.42 Å². The number of para-hydroxylation sites is 1. The second-order valence-electron chi connectivity index (χ2n) is 4.45. The number of aromatic nitrogens is 2. The van der Waals surface area contributed by atoms with Crippen LogP contribution in [0.3, 0.4) is 0 Å². The highest BCUT2D eigenvalue weighted by Crippen LogP contribution is 2.20. The van der Waals surface area contributed by atoms with E-state index >= 15 is 0 Å². The van der Waals surface area contributed by atoms with Crippen molar-refractivity contribution in [3.05, 3.63) is 71.1 Å². The molecule has 20 heavy (non-hydrogen) atoms. The molecule has 0 aliphatic heterocycles. The zero-order valence-electron chi connectivity index (χ0n) is 10.6. The summed E-state index contributed by atoms with van der Waals surface area (Å²) in [7, 11) is 0. The standard InChI is InChI=1S/C16H11ClN2O/c17-14-10-18-8-6-12(14)9-15(20)13-5-1-3-11-4-2-7-19-16(11)13/h1-8,10H,9H2. The van der Waals surface area contributed by atoms with E-state index < -0.39 is 0 Å². The zero-order valence-corrected chi connectivity index (χ0v) is 11.3. The number of carbonyl (C=O) groups is 1. The van der Waals surface area contributed by atoms with Gasteiger partial charge < -0.3 is 0 Å². The van der Waals surface area contributed by atoms with Gasteiger partial charge in [0.25, 0.3) is 0 Å². The third-order valence-corrected chi connectivity index (χ3v) is 3.48. The summed E-state index contributed by atoms with van der Waals surface area (Å²) in [5.74, 6) is 0.00222. The van der Waals surface area contributed by atoms with Crippen molar-refractivity contribution in [3.63, 3.8) is 0 Å². The number of halogens is 1. The van der Waals surface area contributed by atoms with E-state index in [1.54, 1.807) is 30.7 Å². The van der Waals surface area contributed by atoms with Crippen LogP contribution < -0.4 is 0 Å². The van der Waals surface area contributed by atoms with Crippen molar-refractivity contribution in [3.8, 4) is 0 Å². The van der Waals surface area contributed by atoms with Crippen molar-refractivity contribution in [1.82, 2.24) is 9.97 Å². The largest absolute Gasteiger partial charge is 0.294 e. The molecule has 0 saturated carbocycles. The molecule has 0 atom stereocenters. The number of hydrogen-bond acceptors (Lipinski definition) is 3. The van der Waals surface area contributed by atoms with Gasteiger partial charge in [-0.3, -0.25) is 14.8 Å². The Morgan fingerprint density at radius 2 is 1.95 bits per heavy atom. The maximum atomic E-state index is 12.5. The molecule has 0 saturated heterocycles. The maximum Gasteiger partial charge on any atom is 0.169 e. The van der Waals surface area contributed by atoms with Crippen molar-refractivity contribution in [1.29, 1.82) is 0 Å². The molecule has 3 rings (SSSR count). The van der Waals surface area contributed by atoms with Crippen LogP contribution in [0.2, 0.25) is 5.02 Å². The van der Waals surface area contributed by atoms with Gasteiger partial charge in [-0.1, -0.05) is 29.8 Å². The van der Waals surface area contributed by atoms with Gasteiger partial charge in [-0.15, -0.1) is 0 Å². The Hall–Kier alpha value is -2.26. The van der Waals surface area contributed by atoms with Gasteiger partial charge in [0.15, 0.2) is 5.78 Å². The molecule has 1 aromatic carbocycles. The van der Waals surface area contributed by atoms with E-state index in [4.69, 9.17) is 11.6 Å². The molecular weight excluding hydrogens is 272 g/mol. The number of benzene rings is 1. The first-order valence-corrected chi connectivity index (χ1v) is 6.59. The summed E-state index contributed by atoms with van der Waals surface area (Å²) in [6, 6.07) is 11.2. The van der Waals surface area contributed by atoms with E-state index in [2.05, 4.69) is 9.97 Å². The molecule has 2 heterocycles. The predicted molar refractivity (Wildman–Crippen MR) is 79.0 cm³/mol. The number of ketones is 1. The fraction of sp³-hybridized carbons (Fsp3) is 0.0625. The lowest BCUT2D eigenvalue weighted by Crippen LogP contribution is -2.05. The predicted octanol–water partition coefficient (Wildman–Crippen LogP) is 3.71. The highest BCUT2D eigenvalue weighted by molar-refractivity contribution is 6.31. The summed E-state index contributed by atoms with van der Waals surface area (Å²) >= 11 is 6.04. The topological polar surface area (TPSA) is 42.9 Å². The number of Topliss-reactive ketones (excluding diaryl/α,β-unsaturated/α-hetero) is 1. The first-order valence-electron chi connectivity index (χ1n) is 6.21.